The summed E-state index contributed by atoms with van der Waals surface area (Å²) in [5, 5.41) is 2.92. The lowest BCUT2D eigenvalue weighted by molar-refractivity contribution is -0.123. The molecule has 5 nitrogen and oxygen atoms in total. The van der Waals surface area contributed by atoms with Gasteiger partial charge in [-0.2, -0.15) is 0 Å². The molecule has 0 bridgehead atoms. The van der Waals surface area contributed by atoms with Crippen LogP contribution in [0.3, 0.4) is 0 Å². The highest BCUT2D eigenvalue weighted by atomic mass is 16.5. The third-order valence-corrected chi connectivity index (χ3v) is 4.44. The average Bonchev–Trinajstić information content (AvgIpc) is 2.67. The van der Waals surface area contributed by atoms with E-state index in [2.05, 4.69) is 22.3 Å². The number of nitrogens with one attached hydrogen (secondary N) is 1. The predicted octanol–water partition coefficient (Wildman–Crippen LogP) is 2.52. The topological polar surface area (TPSA) is 50.8 Å². The Bertz CT molecular complexity index is 727. The van der Waals surface area contributed by atoms with Gasteiger partial charge < -0.3 is 14.8 Å². The van der Waals surface area contributed by atoms with Crippen LogP contribution >= 0.6 is 0 Å². The van der Waals surface area contributed by atoms with Crippen LogP contribution in [-0.2, 0) is 22.6 Å². The van der Waals surface area contributed by atoms with Crippen LogP contribution in [-0.4, -0.2) is 43.7 Å². The second-order valence-corrected chi connectivity index (χ2v) is 6.54. The van der Waals surface area contributed by atoms with E-state index in [1.165, 1.54) is 5.56 Å². The summed E-state index contributed by atoms with van der Waals surface area (Å²) >= 11 is 0. The van der Waals surface area contributed by atoms with Crippen molar-refractivity contribution in [3.8, 4) is 5.75 Å². The van der Waals surface area contributed by atoms with Crippen molar-refractivity contribution >= 4 is 5.91 Å². The van der Waals surface area contributed by atoms with Crippen molar-refractivity contribution in [1.82, 2.24) is 10.2 Å². The maximum absolute atomic E-state index is 12.0. The van der Waals surface area contributed by atoms with Crippen LogP contribution in [0, 0.1) is 6.92 Å². The van der Waals surface area contributed by atoms with Crippen molar-refractivity contribution < 1.29 is 14.3 Å². The highest BCUT2D eigenvalue weighted by Gasteiger charge is 2.11. The van der Waals surface area contributed by atoms with Crippen molar-refractivity contribution in [3.63, 3.8) is 0 Å². The number of hydrogen-bond acceptors (Lipinski definition) is 4. The Labute approximate surface area is 154 Å². The first-order valence-electron chi connectivity index (χ1n) is 9.04. The molecule has 0 aromatic heterocycles. The van der Waals surface area contributed by atoms with Crippen LogP contribution in [0.1, 0.15) is 16.7 Å². The Balaban J connectivity index is 1.45. The van der Waals surface area contributed by atoms with Gasteiger partial charge in [-0.3, -0.25) is 9.69 Å². The number of aryl methyl sites for hydroxylation is 1. The van der Waals surface area contributed by atoms with Gasteiger partial charge in [-0.05, 0) is 29.7 Å². The molecule has 0 radical (unpaired) electrons. The fourth-order valence-electron chi connectivity index (χ4n) is 2.97. The van der Waals surface area contributed by atoms with E-state index < -0.39 is 0 Å². The number of nitrogens with zero attached hydrogens (tertiary/aromatic N) is 1. The van der Waals surface area contributed by atoms with Crippen molar-refractivity contribution in [1.29, 1.82) is 0 Å². The molecular formula is C21H26N2O3. The van der Waals surface area contributed by atoms with Crippen molar-refractivity contribution in [2.75, 3.05) is 32.9 Å². The Hall–Kier alpha value is -2.37. The summed E-state index contributed by atoms with van der Waals surface area (Å²) < 4.78 is 11.0. The van der Waals surface area contributed by atoms with E-state index >= 15 is 0 Å². The Kier molecular flexibility index (Phi) is 6.63. The number of ether oxygens (including phenoxy) is 2. The summed E-state index contributed by atoms with van der Waals surface area (Å²) in [7, 11) is 0. The number of carbonyl (C=O) groups excluding carboxylic acids is 1. The standard InChI is InChI=1S/C21H26N2O3/c1-17-5-2-3-8-20(17)26-16-21(24)22-14-18-6-4-7-19(13-18)15-23-9-11-25-12-10-23/h2-8,13H,9-12,14-16H2,1H3,(H,22,24). The largest absolute Gasteiger partial charge is 0.484 e. The van der Waals surface area contributed by atoms with Gasteiger partial charge in [-0.15, -0.1) is 0 Å². The molecule has 3 rings (SSSR count). The Morgan fingerprint density at radius 1 is 1.12 bits per heavy atom. The summed E-state index contributed by atoms with van der Waals surface area (Å²) in [5.74, 6) is 0.627. The summed E-state index contributed by atoms with van der Waals surface area (Å²) in [6.45, 7) is 6.96. The number of benzene rings is 2. The lowest BCUT2D eigenvalue weighted by atomic mass is 10.1. The molecule has 26 heavy (non-hydrogen) atoms. The third kappa shape index (κ3) is 5.58. The van der Waals surface area contributed by atoms with E-state index in [1.54, 1.807) is 0 Å². The van der Waals surface area contributed by atoms with Gasteiger partial charge in [0.25, 0.3) is 5.91 Å². The van der Waals surface area contributed by atoms with Gasteiger partial charge in [0.1, 0.15) is 5.75 Å². The molecule has 1 fully saturated rings. The fourth-order valence-corrected chi connectivity index (χ4v) is 2.97. The van der Waals surface area contributed by atoms with Gasteiger partial charge >= 0.3 is 0 Å². The molecule has 1 aliphatic rings. The molecule has 1 N–H and O–H groups in total. The molecule has 0 atom stereocenters. The van der Waals surface area contributed by atoms with Crippen LogP contribution in [0.25, 0.3) is 0 Å². The molecule has 2 aromatic rings. The third-order valence-electron chi connectivity index (χ3n) is 4.44. The van der Waals surface area contributed by atoms with E-state index in [0.29, 0.717) is 6.54 Å². The summed E-state index contributed by atoms with van der Waals surface area (Å²) in [6.07, 6.45) is 0. The first kappa shape index (κ1) is 18.4. The minimum Gasteiger partial charge on any atom is -0.484 e. The molecule has 0 unspecified atom stereocenters. The lowest BCUT2D eigenvalue weighted by Crippen LogP contribution is -2.35. The Morgan fingerprint density at radius 2 is 1.88 bits per heavy atom. The van der Waals surface area contributed by atoms with Crippen LogP contribution in [0.5, 0.6) is 5.75 Å². The summed E-state index contributed by atoms with van der Waals surface area (Å²) in [4.78, 5) is 14.4. The van der Waals surface area contributed by atoms with E-state index in [1.807, 2.05) is 43.3 Å². The van der Waals surface area contributed by atoms with Crippen LogP contribution < -0.4 is 10.1 Å². The van der Waals surface area contributed by atoms with Crippen LogP contribution in [0.4, 0.5) is 0 Å². The van der Waals surface area contributed by atoms with Gasteiger partial charge in [0, 0.05) is 26.2 Å². The maximum Gasteiger partial charge on any atom is 0.258 e. The van der Waals surface area contributed by atoms with Crippen LogP contribution in [0.15, 0.2) is 48.5 Å². The number of amides is 1. The van der Waals surface area contributed by atoms with Gasteiger partial charge in [0.15, 0.2) is 6.61 Å². The fraction of sp³-hybridized carbons (Fsp3) is 0.381. The normalized spacial score (nSPS) is 14.8. The number of hydrogen-bond donors (Lipinski definition) is 1. The smallest absolute Gasteiger partial charge is 0.258 e. The highest BCUT2D eigenvalue weighted by molar-refractivity contribution is 5.77. The van der Waals surface area contributed by atoms with Crippen molar-refractivity contribution in [2.45, 2.75) is 20.0 Å². The maximum atomic E-state index is 12.0. The molecule has 138 valence electrons. The molecular weight excluding hydrogens is 328 g/mol. The molecule has 1 amide bonds. The molecule has 0 saturated carbocycles. The molecule has 2 aromatic carbocycles. The zero-order valence-electron chi connectivity index (χ0n) is 15.2. The van der Waals surface area contributed by atoms with E-state index in [9.17, 15) is 4.79 Å². The quantitative estimate of drug-likeness (QED) is 0.830. The van der Waals surface area contributed by atoms with Crippen molar-refractivity contribution in [3.05, 3.63) is 65.2 Å². The highest BCUT2D eigenvalue weighted by Crippen LogP contribution is 2.15. The second kappa shape index (κ2) is 9.36. The molecule has 0 spiro atoms. The zero-order valence-corrected chi connectivity index (χ0v) is 15.2. The molecule has 1 aliphatic heterocycles. The second-order valence-electron chi connectivity index (χ2n) is 6.54. The number of para-hydroxylation sites is 1. The van der Waals surface area contributed by atoms with Gasteiger partial charge in [0.05, 0.1) is 13.2 Å². The zero-order chi connectivity index (χ0) is 18.2. The van der Waals surface area contributed by atoms with E-state index in [4.69, 9.17) is 9.47 Å². The van der Waals surface area contributed by atoms with Crippen molar-refractivity contribution in [2.24, 2.45) is 0 Å². The van der Waals surface area contributed by atoms with Gasteiger partial charge in [-0.25, -0.2) is 0 Å². The van der Waals surface area contributed by atoms with Gasteiger partial charge in [-0.1, -0.05) is 42.5 Å². The first-order valence-corrected chi connectivity index (χ1v) is 9.04. The van der Waals surface area contributed by atoms with E-state index in [0.717, 1.165) is 49.7 Å². The van der Waals surface area contributed by atoms with Gasteiger partial charge in [0.2, 0.25) is 0 Å². The summed E-state index contributed by atoms with van der Waals surface area (Å²) in [6, 6.07) is 16.0. The monoisotopic (exact) mass is 354 g/mol. The van der Waals surface area contributed by atoms with Crippen LogP contribution in [0.2, 0.25) is 0 Å². The Morgan fingerprint density at radius 3 is 2.69 bits per heavy atom. The predicted molar refractivity (Wildman–Crippen MR) is 101 cm³/mol. The number of morpholine rings is 1. The number of rotatable bonds is 7. The molecule has 1 saturated heterocycles. The molecule has 5 heteroatoms. The first-order chi connectivity index (χ1) is 12.7. The summed E-state index contributed by atoms with van der Waals surface area (Å²) in [5.41, 5.74) is 3.38. The molecule has 0 aliphatic carbocycles. The minimum atomic E-state index is -0.119. The minimum absolute atomic E-state index is 0.0261. The number of carbonyl (C=O) groups is 1. The van der Waals surface area contributed by atoms with E-state index in [-0.39, 0.29) is 12.5 Å². The molecule has 1 heterocycles. The SMILES string of the molecule is Cc1ccccc1OCC(=O)NCc1cccc(CN2CCOCC2)c1. The average molecular weight is 354 g/mol. The lowest BCUT2D eigenvalue weighted by Gasteiger charge is -2.26.